The summed E-state index contributed by atoms with van der Waals surface area (Å²) in [6.45, 7) is 1.58. The van der Waals surface area contributed by atoms with Crippen molar-refractivity contribution in [3.63, 3.8) is 0 Å². The predicted octanol–water partition coefficient (Wildman–Crippen LogP) is 1.99. The highest BCUT2D eigenvalue weighted by atomic mass is 19.1. The lowest BCUT2D eigenvalue weighted by atomic mass is 10.1. The molecule has 2 aromatic rings. The first kappa shape index (κ1) is 12.8. The fourth-order valence-corrected chi connectivity index (χ4v) is 1.63. The number of aromatic nitrogens is 2. The Morgan fingerprint density at radius 2 is 2.26 bits per heavy atom. The van der Waals surface area contributed by atoms with Crippen LogP contribution >= 0.6 is 0 Å². The number of benzene rings is 1. The average molecular weight is 258 g/mol. The highest BCUT2D eigenvalue weighted by molar-refractivity contribution is 6.04. The van der Waals surface area contributed by atoms with Crippen molar-refractivity contribution in [2.75, 3.05) is 5.32 Å². The molecule has 0 aliphatic carbocycles. The topological polar surface area (TPSA) is 70.7 Å². The second kappa shape index (κ2) is 4.90. The van der Waals surface area contributed by atoms with E-state index in [0.717, 1.165) is 0 Å². The van der Waals surface area contributed by atoms with Crippen LogP contribution in [0.4, 0.5) is 10.2 Å². The Balaban J connectivity index is 2.28. The zero-order chi connectivity index (χ0) is 14.0. The number of rotatable bonds is 2. The molecule has 5 nitrogen and oxygen atoms in total. The molecule has 1 aromatic heterocycles. The summed E-state index contributed by atoms with van der Waals surface area (Å²) in [6.07, 6.45) is 1.37. The molecule has 6 heteroatoms. The summed E-state index contributed by atoms with van der Waals surface area (Å²) in [5.74, 6) is -0.465. The van der Waals surface area contributed by atoms with E-state index in [1.807, 2.05) is 6.07 Å². The minimum absolute atomic E-state index is 0.273. The van der Waals surface area contributed by atoms with Crippen molar-refractivity contribution in [3.8, 4) is 6.07 Å². The number of carbonyl (C=O) groups excluding carboxylic acids is 1. The molecule has 0 aliphatic rings. The summed E-state index contributed by atoms with van der Waals surface area (Å²) >= 11 is 0. The highest BCUT2D eigenvalue weighted by Crippen LogP contribution is 2.15. The molecule has 1 amide bonds. The third-order valence-corrected chi connectivity index (χ3v) is 2.71. The van der Waals surface area contributed by atoms with Crippen LogP contribution in [0.5, 0.6) is 0 Å². The molecule has 1 heterocycles. The summed E-state index contributed by atoms with van der Waals surface area (Å²) in [6, 6.07) is 6.01. The van der Waals surface area contributed by atoms with Gasteiger partial charge in [-0.05, 0) is 30.7 Å². The lowest BCUT2D eigenvalue weighted by Gasteiger charge is -2.07. The molecule has 1 aromatic carbocycles. The van der Waals surface area contributed by atoms with Crippen LogP contribution in [0, 0.1) is 24.1 Å². The number of hydrogen-bond donors (Lipinski definition) is 1. The number of aryl methyl sites for hydroxylation is 2. The van der Waals surface area contributed by atoms with Gasteiger partial charge in [-0.15, -0.1) is 0 Å². The zero-order valence-electron chi connectivity index (χ0n) is 10.4. The van der Waals surface area contributed by atoms with Crippen molar-refractivity contribution in [3.05, 3.63) is 46.9 Å². The predicted molar refractivity (Wildman–Crippen MR) is 67.0 cm³/mol. The molecule has 0 bridgehead atoms. The molecule has 0 radical (unpaired) electrons. The minimum atomic E-state index is -0.414. The van der Waals surface area contributed by atoms with Crippen LogP contribution in [0.25, 0.3) is 0 Å². The van der Waals surface area contributed by atoms with E-state index >= 15 is 0 Å². The SMILES string of the molecule is Cc1cc(C(=O)Nc2c(C#N)cnn2C)ccc1F. The fraction of sp³-hybridized carbons (Fsp3) is 0.154. The molecule has 1 N–H and O–H groups in total. The molecule has 0 saturated heterocycles. The van der Waals surface area contributed by atoms with Gasteiger partial charge in [-0.25, -0.2) is 4.39 Å². The van der Waals surface area contributed by atoms with Gasteiger partial charge in [-0.1, -0.05) is 0 Å². The van der Waals surface area contributed by atoms with Gasteiger partial charge in [0.15, 0.2) is 0 Å². The molecule has 0 fully saturated rings. The standard InChI is InChI=1S/C13H11FN4O/c1-8-5-9(3-4-11(8)14)13(19)17-12-10(6-15)7-16-18(12)2/h3-5,7H,1-2H3,(H,17,19). The van der Waals surface area contributed by atoms with Crippen molar-refractivity contribution < 1.29 is 9.18 Å². The normalized spacial score (nSPS) is 10.0. The number of hydrogen-bond acceptors (Lipinski definition) is 3. The number of nitrogens with one attached hydrogen (secondary N) is 1. The minimum Gasteiger partial charge on any atom is -0.306 e. The van der Waals surface area contributed by atoms with Gasteiger partial charge in [-0.3, -0.25) is 9.48 Å². The average Bonchev–Trinajstić information content (AvgIpc) is 2.74. The Morgan fingerprint density at radius 3 is 2.89 bits per heavy atom. The van der Waals surface area contributed by atoms with Gasteiger partial charge in [0.05, 0.1) is 6.20 Å². The van der Waals surface area contributed by atoms with Crippen molar-refractivity contribution in [2.24, 2.45) is 7.05 Å². The number of amides is 1. The molecule has 0 atom stereocenters. The van der Waals surface area contributed by atoms with Crippen LogP contribution in [0.1, 0.15) is 21.5 Å². The molecule has 19 heavy (non-hydrogen) atoms. The number of carbonyl (C=O) groups is 1. The van der Waals surface area contributed by atoms with Gasteiger partial charge in [-0.2, -0.15) is 10.4 Å². The third-order valence-electron chi connectivity index (χ3n) is 2.71. The molecule has 96 valence electrons. The summed E-state index contributed by atoms with van der Waals surface area (Å²) in [5, 5.41) is 15.4. The Bertz CT molecular complexity index is 684. The lowest BCUT2D eigenvalue weighted by Crippen LogP contribution is -2.15. The van der Waals surface area contributed by atoms with Gasteiger partial charge < -0.3 is 5.32 Å². The van der Waals surface area contributed by atoms with Gasteiger partial charge in [0.25, 0.3) is 5.91 Å². The first-order valence-electron chi connectivity index (χ1n) is 5.52. The number of halogens is 1. The van der Waals surface area contributed by atoms with Crippen LogP contribution in [-0.2, 0) is 7.05 Å². The Morgan fingerprint density at radius 1 is 1.53 bits per heavy atom. The fourth-order valence-electron chi connectivity index (χ4n) is 1.63. The maximum absolute atomic E-state index is 13.1. The second-order valence-corrected chi connectivity index (χ2v) is 4.06. The van der Waals surface area contributed by atoms with Gasteiger partial charge in [0.2, 0.25) is 0 Å². The van der Waals surface area contributed by atoms with E-state index in [0.29, 0.717) is 16.9 Å². The van der Waals surface area contributed by atoms with E-state index in [1.165, 1.54) is 29.1 Å². The Labute approximate surface area is 109 Å². The zero-order valence-corrected chi connectivity index (χ0v) is 10.4. The van der Waals surface area contributed by atoms with Crippen LogP contribution in [0.2, 0.25) is 0 Å². The van der Waals surface area contributed by atoms with E-state index in [9.17, 15) is 9.18 Å². The summed E-state index contributed by atoms with van der Waals surface area (Å²) in [5.41, 5.74) is 0.983. The van der Waals surface area contributed by atoms with Crippen molar-refractivity contribution >= 4 is 11.7 Å². The van der Waals surface area contributed by atoms with E-state index in [4.69, 9.17) is 5.26 Å². The molecule has 0 spiro atoms. The van der Waals surface area contributed by atoms with Crippen LogP contribution in [0.15, 0.2) is 24.4 Å². The van der Waals surface area contributed by atoms with Crippen molar-refractivity contribution in [1.29, 1.82) is 5.26 Å². The largest absolute Gasteiger partial charge is 0.306 e. The van der Waals surface area contributed by atoms with Crippen molar-refractivity contribution in [2.45, 2.75) is 6.92 Å². The van der Waals surface area contributed by atoms with E-state index in [2.05, 4.69) is 10.4 Å². The Hall–Kier alpha value is -2.68. The highest BCUT2D eigenvalue weighted by Gasteiger charge is 2.13. The van der Waals surface area contributed by atoms with E-state index < -0.39 is 5.91 Å². The second-order valence-electron chi connectivity index (χ2n) is 4.06. The molecule has 0 aliphatic heterocycles. The summed E-state index contributed by atoms with van der Waals surface area (Å²) < 4.78 is 14.5. The van der Waals surface area contributed by atoms with Crippen LogP contribution < -0.4 is 5.32 Å². The molecule has 2 rings (SSSR count). The monoisotopic (exact) mass is 258 g/mol. The van der Waals surface area contributed by atoms with E-state index in [-0.39, 0.29) is 11.4 Å². The van der Waals surface area contributed by atoms with Gasteiger partial charge >= 0.3 is 0 Å². The molecular weight excluding hydrogens is 247 g/mol. The van der Waals surface area contributed by atoms with Crippen LogP contribution in [-0.4, -0.2) is 15.7 Å². The maximum Gasteiger partial charge on any atom is 0.256 e. The molecule has 0 unspecified atom stereocenters. The first-order chi connectivity index (χ1) is 9.02. The first-order valence-corrected chi connectivity index (χ1v) is 5.52. The smallest absolute Gasteiger partial charge is 0.256 e. The summed E-state index contributed by atoms with van der Waals surface area (Å²) in [7, 11) is 1.62. The van der Waals surface area contributed by atoms with Crippen molar-refractivity contribution in [1.82, 2.24) is 9.78 Å². The molecular formula is C13H11FN4O. The lowest BCUT2D eigenvalue weighted by molar-refractivity contribution is 0.102. The van der Waals surface area contributed by atoms with E-state index in [1.54, 1.807) is 14.0 Å². The maximum atomic E-state index is 13.1. The molecule has 0 saturated carbocycles. The Kier molecular flexibility index (Phi) is 3.29. The summed E-state index contributed by atoms with van der Waals surface area (Å²) in [4.78, 5) is 12.0. The van der Waals surface area contributed by atoms with Gasteiger partial charge in [0, 0.05) is 12.6 Å². The number of nitrogens with zero attached hydrogens (tertiary/aromatic N) is 3. The number of nitriles is 1. The quantitative estimate of drug-likeness (QED) is 0.895. The van der Waals surface area contributed by atoms with Gasteiger partial charge in [0.1, 0.15) is 23.3 Å². The van der Waals surface area contributed by atoms with Crippen LogP contribution in [0.3, 0.4) is 0 Å². The third kappa shape index (κ3) is 2.45. The number of anilines is 1.